The molecular weight excluding hydrogens is 374 g/mol. The number of fused-ring (bicyclic) bond motifs is 2. The van der Waals surface area contributed by atoms with E-state index in [9.17, 15) is 8.78 Å². The van der Waals surface area contributed by atoms with E-state index in [2.05, 4.69) is 23.2 Å². The quantitative estimate of drug-likeness (QED) is 0.819. The summed E-state index contributed by atoms with van der Waals surface area (Å²) in [5.41, 5.74) is 5.16. The Balaban J connectivity index is 1.59. The van der Waals surface area contributed by atoms with E-state index in [0.29, 0.717) is 13.2 Å². The Bertz CT molecular complexity index is 888. The Morgan fingerprint density at radius 1 is 1.21 bits per heavy atom. The molecule has 156 valence electrons. The molecule has 0 fully saturated rings. The Morgan fingerprint density at radius 3 is 2.83 bits per heavy atom. The fourth-order valence-electron chi connectivity index (χ4n) is 4.32. The van der Waals surface area contributed by atoms with E-state index >= 15 is 0 Å². The molecule has 4 rings (SSSR count). The summed E-state index contributed by atoms with van der Waals surface area (Å²) >= 11 is 0. The van der Waals surface area contributed by atoms with Crippen LogP contribution in [0, 0.1) is 18.6 Å². The van der Waals surface area contributed by atoms with Crippen LogP contribution in [0.3, 0.4) is 0 Å². The van der Waals surface area contributed by atoms with Gasteiger partial charge < -0.3 is 19.7 Å². The molecule has 2 heterocycles. The van der Waals surface area contributed by atoms with Crippen LogP contribution in [0.15, 0.2) is 24.3 Å². The lowest BCUT2D eigenvalue weighted by Gasteiger charge is -2.36. The summed E-state index contributed by atoms with van der Waals surface area (Å²) < 4.78 is 39.2. The first-order chi connectivity index (χ1) is 14.1. The lowest BCUT2D eigenvalue weighted by Crippen LogP contribution is -2.41. The summed E-state index contributed by atoms with van der Waals surface area (Å²) in [6.07, 6.45) is 2.53. The highest BCUT2D eigenvalue weighted by molar-refractivity contribution is 5.69. The third-order valence-electron chi connectivity index (χ3n) is 5.86. The second kappa shape index (κ2) is 8.57. The van der Waals surface area contributed by atoms with Crippen molar-refractivity contribution in [2.45, 2.75) is 39.2 Å². The molecule has 0 spiro atoms. The number of ether oxygens (including phenoxy) is 2. The minimum atomic E-state index is -0.667. The van der Waals surface area contributed by atoms with Gasteiger partial charge in [0.1, 0.15) is 24.3 Å². The molecule has 29 heavy (non-hydrogen) atoms. The Labute approximate surface area is 170 Å². The molecule has 0 amide bonds. The smallest absolute Gasteiger partial charge is 0.167 e. The molecule has 4 nitrogen and oxygen atoms in total. The summed E-state index contributed by atoms with van der Waals surface area (Å²) in [7, 11) is 0. The number of benzene rings is 2. The molecule has 1 atom stereocenters. The van der Waals surface area contributed by atoms with Gasteiger partial charge in [-0.05, 0) is 74.2 Å². The lowest BCUT2D eigenvalue weighted by molar-refractivity contribution is 0.188. The van der Waals surface area contributed by atoms with Gasteiger partial charge in [-0.25, -0.2) is 8.78 Å². The predicted octanol–water partition coefficient (Wildman–Crippen LogP) is 4.02. The van der Waals surface area contributed by atoms with Crippen molar-refractivity contribution in [1.29, 1.82) is 0 Å². The Hall–Kier alpha value is -2.34. The van der Waals surface area contributed by atoms with Crippen molar-refractivity contribution in [3.8, 4) is 11.5 Å². The van der Waals surface area contributed by atoms with Crippen LogP contribution in [0.5, 0.6) is 11.5 Å². The average molecular weight is 402 g/mol. The lowest BCUT2D eigenvalue weighted by atomic mass is 9.94. The standard InChI is InChI=1S/C23H28F2N2O2/c1-3-18(29-21-5-4-17(24)13-20(21)25)14-27-10-11-28-22-12-16-6-8-26-9-7-19(16)15(2)23(22)27/h4-5,12-13,18,26H,3,6-11,14H2,1-2H3. The van der Waals surface area contributed by atoms with Crippen LogP contribution in [0.4, 0.5) is 14.5 Å². The molecular formula is C23H28F2N2O2. The molecule has 2 aliphatic heterocycles. The van der Waals surface area contributed by atoms with Crippen molar-refractivity contribution in [1.82, 2.24) is 5.32 Å². The number of halogens is 2. The number of hydrogen-bond donors (Lipinski definition) is 1. The van der Waals surface area contributed by atoms with Gasteiger partial charge in [0.2, 0.25) is 0 Å². The molecule has 0 aliphatic carbocycles. The van der Waals surface area contributed by atoms with Gasteiger partial charge in [0.15, 0.2) is 11.6 Å². The third kappa shape index (κ3) is 4.17. The predicted molar refractivity (Wildman–Crippen MR) is 110 cm³/mol. The Kier molecular flexibility index (Phi) is 5.90. The molecule has 2 aliphatic rings. The van der Waals surface area contributed by atoms with Crippen molar-refractivity contribution in [3.63, 3.8) is 0 Å². The van der Waals surface area contributed by atoms with Crippen LogP contribution >= 0.6 is 0 Å². The largest absolute Gasteiger partial charge is 0.490 e. The molecule has 1 unspecified atom stereocenters. The van der Waals surface area contributed by atoms with Gasteiger partial charge in [0.25, 0.3) is 0 Å². The van der Waals surface area contributed by atoms with E-state index in [-0.39, 0.29) is 11.9 Å². The van der Waals surface area contributed by atoms with Gasteiger partial charge >= 0.3 is 0 Å². The molecule has 2 aromatic rings. The highest BCUT2D eigenvalue weighted by Gasteiger charge is 2.27. The van der Waals surface area contributed by atoms with Gasteiger partial charge in [0, 0.05) is 6.07 Å². The second-order valence-corrected chi connectivity index (χ2v) is 7.75. The molecule has 0 saturated carbocycles. The fraction of sp³-hybridized carbons (Fsp3) is 0.478. The van der Waals surface area contributed by atoms with Crippen molar-refractivity contribution in [3.05, 3.63) is 52.6 Å². The van der Waals surface area contributed by atoms with Crippen molar-refractivity contribution >= 4 is 5.69 Å². The highest BCUT2D eigenvalue weighted by atomic mass is 19.1. The number of anilines is 1. The summed E-state index contributed by atoms with van der Waals surface area (Å²) in [4.78, 5) is 2.29. The van der Waals surface area contributed by atoms with Crippen LogP contribution < -0.4 is 19.7 Å². The number of nitrogens with one attached hydrogen (secondary N) is 1. The van der Waals surface area contributed by atoms with E-state index in [0.717, 1.165) is 56.4 Å². The van der Waals surface area contributed by atoms with Crippen LogP contribution in [0.2, 0.25) is 0 Å². The molecule has 0 radical (unpaired) electrons. The topological polar surface area (TPSA) is 33.7 Å². The van der Waals surface area contributed by atoms with Crippen molar-refractivity contribution < 1.29 is 18.3 Å². The fourth-order valence-corrected chi connectivity index (χ4v) is 4.32. The van der Waals surface area contributed by atoms with Crippen LogP contribution in [-0.4, -0.2) is 38.9 Å². The highest BCUT2D eigenvalue weighted by Crippen LogP contribution is 2.39. The number of hydrogen-bond acceptors (Lipinski definition) is 4. The third-order valence-corrected chi connectivity index (χ3v) is 5.86. The monoisotopic (exact) mass is 402 g/mol. The minimum Gasteiger partial charge on any atom is -0.490 e. The normalized spacial score (nSPS) is 17.0. The minimum absolute atomic E-state index is 0.0939. The maximum atomic E-state index is 14.1. The zero-order chi connectivity index (χ0) is 20.4. The molecule has 0 saturated heterocycles. The Morgan fingerprint density at radius 2 is 2.03 bits per heavy atom. The first kappa shape index (κ1) is 20.0. The van der Waals surface area contributed by atoms with E-state index in [1.807, 2.05) is 6.92 Å². The summed E-state index contributed by atoms with van der Waals surface area (Å²) in [6, 6.07) is 5.64. The van der Waals surface area contributed by atoms with Gasteiger partial charge in [-0.1, -0.05) is 6.92 Å². The van der Waals surface area contributed by atoms with Gasteiger partial charge in [-0.2, -0.15) is 0 Å². The maximum absolute atomic E-state index is 14.1. The first-order valence-corrected chi connectivity index (χ1v) is 10.4. The summed E-state index contributed by atoms with van der Waals surface area (Å²) in [5.74, 6) is -0.246. The zero-order valence-electron chi connectivity index (χ0n) is 17.1. The van der Waals surface area contributed by atoms with Crippen LogP contribution in [0.1, 0.15) is 30.0 Å². The van der Waals surface area contributed by atoms with Crippen molar-refractivity contribution in [2.75, 3.05) is 37.7 Å². The second-order valence-electron chi connectivity index (χ2n) is 7.75. The van der Waals surface area contributed by atoms with Crippen LogP contribution in [-0.2, 0) is 12.8 Å². The molecule has 0 aromatic heterocycles. The van der Waals surface area contributed by atoms with Gasteiger partial charge in [0.05, 0.1) is 18.8 Å². The van der Waals surface area contributed by atoms with E-state index < -0.39 is 11.6 Å². The van der Waals surface area contributed by atoms with E-state index in [4.69, 9.17) is 9.47 Å². The maximum Gasteiger partial charge on any atom is 0.167 e. The molecule has 2 aromatic carbocycles. The summed E-state index contributed by atoms with van der Waals surface area (Å²) in [5, 5.41) is 3.46. The zero-order valence-corrected chi connectivity index (χ0v) is 17.1. The summed E-state index contributed by atoms with van der Waals surface area (Å²) in [6.45, 7) is 8.17. The first-order valence-electron chi connectivity index (χ1n) is 10.4. The van der Waals surface area contributed by atoms with Crippen LogP contribution in [0.25, 0.3) is 0 Å². The molecule has 1 N–H and O–H groups in total. The van der Waals surface area contributed by atoms with Crippen molar-refractivity contribution in [2.24, 2.45) is 0 Å². The SMILES string of the molecule is CCC(CN1CCOc2cc3c(c(C)c21)CCNCC3)Oc1ccc(F)cc1F. The number of nitrogens with zero attached hydrogens (tertiary/aromatic N) is 1. The van der Waals surface area contributed by atoms with E-state index in [1.54, 1.807) is 0 Å². The van der Waals surface area contributed by atoms with Gasteiger partial charge in [-0.3, -0.25) is 0 Å². The molecule has 0 bridgehead atoms. The molecule has 6 heteroatoms. The van der Waals surface area contributed by atoms with Gasteiger partial charge in [-0.15, -0.1) is 0 Å². The average Bonchev–Trinajstić information content (AvgIpc) is 2.95. The number of rotatable bonds is 5. The van der Waals surface area contributed by atoms with E-state index in [1.165, 1.54) is 28.8 Å².